The molecule has 0 aromatic heterocycles. The van der Waals surface area contributed by atoms with Gasteiger partial charge in [0, 0.05) is 17.8 Å². The highest BCUT2D eigenvalue weighted by atomic mass is 16.6. The molecule has 2 aromatic rings. The van der Waals surface area contributed by atoms with Gasteiger partial charge in [-0.3, -0.25) is 4.99 Å². The fourth-order valence-corrected chi connectivity index (χ4v) is 2.41. The lowest BCUT2D eigenvalue weighted by molar-refractivity contribution is 0.303. The summed E-state index contributed by atoms with van der Waals surface area (Å²) in [5.74, 6) is 1.62. The lowest BCUT2D eigenvalue weighted by Gasteiger charge is -2.17. The highest BCUT2D eigenvalue weighted by molar-refractivity contribution is 5.73. The predicted molar refractivity (Wildman–Crippen MR) is 79.6 cm³/mol. The van der Waals surface area contributed by atoms with Crippen LogP contribution in [0.2, 0.25) is 0 Å². The molecule has 1 atom stereocenters. The second kappa shape index (κ2) is 5.22. The first-order valence-electron chi connectivity index (χ1n) is 7.02. The van der Waals surface area contributed by atoms with Crippen molar-refractivity contribution < 1.29 is 14.2 Å². The molecule has 106 valence electrons. The standard InChI is InChI=1S/C17H15NO3/c1-2-4-12(5-3-1)10-20-13-8-14(16-11-21-16)17-15(9-13)18-6-7-19-17/h1-6,8-9,16H,7,10-11H2/t16-/m0/s1. The number of fused-ring (bicyclic) bond motifs is 1. The second-order valence-corrected chi connectivity index (χ2v) is 5.08. The quantitative estimate of drug-likeness (QED) is 0.806. The molecule has 21 heavy (non-hydrogen) atoms. The second-order valence-electron chi connectivity index (χ2n) is 5.08. The molecule has 0 bridgehead atoms. The molecule has 0 saturated carbocycles. The zero-order valence-corrected chi connectivity index (χ0v) is 11.5. The van der Waals surface area contributed by atoms with Crippen molar-refractivity contribution in [1.29, 1.82) is 0 Å². The van der Waals surface area contributed by atoms with Crippen LogP contribution in [0.3, 0.4) is 0 Å². The molecule has 2 aromatic carbocycles. The predicted octanol–water partition coefficient (Wildman–Crippen LogP) is 3.43. The molecule has 2 aliphatic heterocycles. The van der Waals surface area contributed by atoms with E-state index in [1.165, 1.54) is 0 Å². The lowest BCUT2D eigenvalue weighted by Crippen LogP contribution is -2.06. The zero-order chi connectivity index (χ0) is 14.1. The molecule has 0 unspecified atom stereocenters. The van der Waals surface area contributed by atoms with Crippen LogP contribution in [0.15, 0.2) is 47.5 Å². The first kappa shape index (κ1) is 12.4. The average molecular weight is 281 g/mol. The van der Waals surface area contributed by atoms with Gasteiger partial charge in [0.25, 0.3) is 0 Å². The Morgan fingerprint density at radius 1 is 1.19 bits per heavy atom. The van der Waals surface area contributed by atoms with Crippen LogP contribution < -0.4 is 9.47 Å². The van der Waals surface area contributed by atoms with Crippen LogP contribution in [0.4, 0.5) is 5.69 Å². The highest BCUT2D eigenvalue weighted by Gasteiger charge is 2.31. The number of hydrogen-bond donors (Lipinski definition) is 0. The summed E-state index contributed by atoms with van der Waals surface area (Å²) in [4.78, 5) is 4.39. The average Bonchev–Trinajstić information content (AvgIpc) is 3.38. The topological polar surface area (TPSA) is 43.3 Å². The molecule has 0 amide bonds. The molecule has 0 N–H and O–H groups in total. The maximum atomic E-state index is 5.89. The Balaban J connectivity index is 1.61. The summed E-state index contributed by atoms with van der Waals surface area (Å²) in [5, 5.41) is 0. The summed E-state index contributed by atoms with van der Waals surface area (Å²) >= 11 is 0. The number of rotatable bonds is 4. The van der Waals surface area contributed by atoms with E-state index in [1.54, 1.807) is 6.21 Å². The minimum atomic E-state index is 0.118. The molecular weight excluding hydrogens is 266 g/mol. The van der Waals surface area contributed by atoms with Crippen molar-refractivity contribution in [2.45, 2.75) is 12.7 Å². The van der Waals surface area contributed by atoms with Gasteiger partial charge in [-0.05, 0) is 11.6 Å². The molecule has 2 aliphatic rings. The van der Waals surface area contributed by atoms with Crippen molar-refractivity contribution in [1.82, 2.24) is 0 Å². The summed E-state index contributed by atoms with van der Waals surface area (Å²) in [6, 6.07) is 14.0. The molecule has 4 heteroatoms. The van der Waals surface area contributed by atoms with Crippen LogP contribution in [-0.4, -0.2) is 19.4 Å². The van der Waals surface area contributed by atoms with Gasteiger partial charge in [-0.25, -0.2) is 0 Å². The molecule has 1 fully saturated rings. The molecule has 0 spiro atoms. The summed E-state index contributed by atoms with van der Waals surface area (Å²) in [5.41, 5.74) is 2.99. The summed E-state index contributed by atoms with van der Waals surface area (Å²) in [6.45, 7) is 1.79. The lowest BCUT2D eigenvalue weighted by atomic mass is 10.1. The van der Waals surface area contributed by atoms with Crippen molar-refractivity contribution in [3.05, 3.63) is 53.6 Å². The highest BCUT2D eigenvalue weighted by Crippen LogP contribution is 2.45. The number of benzene rings is 2. The molecule has 0 aliphatic carbocycles. The number of epoxide rings is 1. The van der Waals surface area contributed by atoms with Gasteiger partial charge in [0.15, 0.2) is 5.75 Å². The van der Waals surface area contributed by atoms with Gasteiger partial charge < -0.3 is 14.2 Å². The molecule has 2 heterocycles. The summed E-state index contributed by atoms with van der Waals surface area (Å²) < 4.78 is 17.0. The number of ether oxygens (including phenoxy) is 3. The van der Waals surface area contributed by atoms with Crippen LogP contribution in [0.5, 0.6) is 11.5 Å². The van der Waals surface area contributed by atoms with E-state index in [4.69, 9.17) is 14.2 Å². The number of aliphatic imine (C=N–C) groups is 1. The van der Waals surface area contributed by atoms with Crippen LogP contribution in [-0.2, 0) is 11.3 Å². The van der Waals surface area contributed by atoms with Crippen LogP contribution in [0, 0.1) is 0 Å². The van der Waals surface area contributed by atoms with E-state index in [-0.39, 0.29) is 6.10 Å². The number of nitrogens with zero attached hydrogens (tertiary/aromatic N) is 1. The Bertz CT molecular complexity index is 678. The first-order valence-corrected chi connectivity index (χ1v) is 7.02. The zero-order valence-electron chi connectivity index (χ0n) is 11.5. The van der Waals surface area contributed by atoms with Crippen molar-refractivity contribution in [3.63, 3.8) is 0 Å². The third kappa shape index (κ3) is 2.62. The van der Waals surface area contributed by atoms with E-state index in [2.05, 4.69) is 4.99 Å². The SMILES string of the molecule is C1=Nc2cc(OCc3ccccc3)cc([C@@H]3CO3)c2OC1. The van der Waals surface area contributed by atoms with E-state index in [0.29, 0.717) is 13.2 Å². The van der Waals surface area contributed by atoms with Gasteiger partial charge in [0.05, 0.1) is 6.61 Å². The van der Waals surface area contributed by atoms with Gasteiger partial charge in [-0.2, -0.15) is 0 Å². The molecule has 4 rings (SSSR count). The van der Waals surface area contributed by atoms with Crippen LogP contribution in [0.1, 0.15) is 17.2 Å². The van der Waals surface area contributed by atoms with E-state index >= 15 is 0 Å². The Morgan fingerprint density at radius 2 is 2.05 bits per heavy atom. The minimum Gasteiger partial charge on any atom is -0.489 e. The Labute approximate surface area is 123 Å². The van der Waals surface area contributed by atoms with Gasteiger partial charge in [0.2, 0.25) is 0 Å². The third-order valence-corrected chi connectivity index (χ3v) is 3.53. The largest absolute Gasteiger partial charge is 0.489 e. The monoisotopic (exact) mass is 281 g/mol. The van der Waals surface area contributed by atoms with E-state index < -0.39 is 0 Å². The Kier molecular flexibility index (Phi) is 3.09. The summed E-state index contributed by atoms with van der Waals surface area (Å²) in [7, 11) is 0. The fourth-order valence-electron chi connectivity index (χ4n) is 2.41. The van der Waals surface area contributed by atoms with Crippen molar-refractivity contribution >= 4 is 11.9 Å². The maximum absolute atomic E-state index is 5.89. The maximum Gasteiger partial charge on any atom is 0.151 e. The van der Waals surface area contributed by atoms with Gasteiger partial charge in [0.1, 0.15) is 30.8 Å². The van der Waals surface area contributed by atoms with E-state index in [9.17, 15) is 0 Å². The van der Waals surface area contributed by atoms with E-state index in [1.807, 2.05) is 42.5 Å². The first-order chi connectivity index (χ1) is 10.4. The normalized spacial score (nSPS) is 18.8. The Morgan fingerprint density at radius 3 is 2.86 bits per heavy atom. The smallest absolute Gasteiger partial charge is 0.151 e. The molecule has 1 saturated heterocycles. The Hall–Kier alpha value is -2.33. The number of hydrogen-bond acceptors (Lipinski definition) is 4. The van der Waals surface area contributed by atoms with Gasteiger partial charge in [-0.1, -0.05) is 30.3 Å². The van der Waals surface area contributed by atoms with Crippen molar-refractivity contribution in [2.75, 3.05) is 13.2 Å². The molecular formula is C17H15NO3. The van der Waals surface area contributed by atoms with Crippen molar-refractivity contribution in [2.24, 2.45) is 4.99 Å². The van der Waals surface area contributed by atoms with Gasteiger partial charge in [-0.15, -0.1) is 0 Å². The fraction of sp³-hybridized carbons (Fsp3) is 0.235. The van der Waals surface area contributed by atoms with E-state index in [0.717, 1.165) is 34.9 Å². The molecule has 0 radical (unpaired) electrons. The minimum absolute atomic E-state index is 0.118. The van der Waals surface area contributed by atoms with Crippen LogP contribution in [0.25, 0.3) is 0 Å². The van der Waals surface area contributed by atoms with Gasteiger partial charge >= 0.3 is 0 Å². The molecule has 4 nitrogen and oxygen atoms in total. The van der Waals surface area contributed by atoms with Crippen molar-refractivity contribution in [3.8, 4) is 11.5 Å². The summed E-state index contributed by atoms with van der Waals surface area (Å²) in [6.07, 6.45) is 1.88. The third-order valence-electron chi connectivity index (χ3n) is 3.53. The van der Waals surface area contributed by atoms with Crippen LogP contribution >= 0.6 is 0 Å².